The lowest BCUT2D eigenvalue weighted by molar-refractivity contribution is 0.0789. The molecule has 1 amide bonds. The number of amides is 1. The highest BCUT2D eigenvalue weighted by Crippen LogP contribution is 2.24. The number of aliphatic hydroxyl groups excluding tert-OH is 1. The maximum Gasteiger partial charge on any atom is 0.263 e. The molecule has 2 heterocycles. The van der Waals surface area contributed by atoms with Crippen LogP contribution < -0.4 is 0 Å². The van der Waals surface area contributed by atoms with Crippen LogP contribution in [-0.2, 0) is 0 Å². The lowest BCUT2D eigenvalue weighted by atomic mass is 10.1. The Bertz CT molecular complexity index is 378. The molecule has 1 aromatic rings. The number of hydrogen-bond acceptors (Lipinski definition) is 4. The normalized spacial score (nSPS) is 20.4. The molecular formula is C11H15NO2S2. The fraction of sp³-hybridized carbons (Fsp3) is 0.545. The molecule has 16 heavy (non-hydrogen) atoms. The molecule has 1 aliphatic rings. The van der Waals surface area contributed by atoms with Gasteiger partial charge < -0.3 is 10.0 Å². The van der Waals surface area contributed by atoms with Crippen LogP contribution in [0.2, 0.25) is 0 Å². The van der Waals surface area contributed by atoms with Crippen molar-refractivity contribution in [1.82, 2.24) is 4.90 Å². The summed E-state index contributed by atoms with van der Waals surface area (Å²) < 4.78 is 0. The molecule has 1 unspecified atom stereocenters. The van der Waals surface area contributed by atoms with Crippen LogP contribution in [0.5, 0.6) is 0 Å². The molecule has 0 aliphatic carbocycles. The van der Waals surface area contributed by atoms with Crippen molar-refractivity contribution in [3.8, 4) is 0 Å². The first-order valence-electron chi connectivity index (χ1n) is 5.38. The van der Waals surface area contributed by atoms with E-state index in [-0.39, 0.29) is 12.5 Å². The van der Waals surface area contributed by atoms with Crippen molar-refractivity contribution >= 4 is 29.9 Å². The summed E-state index contributed by atoms with van der Waals surface area (Å²) >= 11 is 5.64. The molecule has 1 atom stereocenters. The highest BCUT2D eigenvalue weighted by Gasteiger charge is 2.27. The number of likely N-dealkylation sites (tertiary alicyclic amines) is 1. The van der Waals surface area contributed by atoms with Gasteiger partial charge in [-0.25, -0.2) is 0 Å². The summed E-state index contributed by atoms with van der Waals surface area (Å²) in [5.41, 5.74) is 0. The summed E-state index contributed by atoms with van der Waals surface area (Å²) in [5, 5.41) is 10.7. The Balaban J connectivity index is 1.97. The standard InChI is InChI=1S/C11H15NO2S2/c13-4-2-8-1-3-12(6-8)11(14)10-5-9(15)7-16-10/h5,7-8,13,15H,1-4,6H2. The van der Waals surface area contributed by atoms with Crippen LogP contribution >= 0.6 is 24.0 Å². The van der Waals surface area contributed by atoms with Gasteiger partial charge in [0, 0.05) is 30.0 Å². The molecule has 0 radical (unpaired) electrons. The molecule has 0 bridgehead atoms. The lowest BCUT2D eigenvalue weighted by Crippen LogP contribution is -2.28. The monoisotopic (exact) mass is 257 g/mol. The summed E-state index contributed by atoms with van der Waals surface area (Å²) in [7, 11) is 0. The van der Waals surface area contributed by atoms with Crippen molar-refractivity contribution in [1.29, 1.82) is 0 Å². The van der Waals surface area contributed by atoms with Gasteiger partial charge in [-0.05, 0) is 24.8 Å². The molecule has 0 spiro atoms. The molecule has 3 nitrogen and oxygen atoms in total. The van der Waals surface area contributed by atoms with Gasteiger partial charge in [0.15, 0.2) is 0 Å². The third-order valence-corrected chi connectivity index (χ3v) is 4.26. The minimum absolute atomic E-state index is 0.103. The predicted molar refractivity (Wildman–Crippen MR) is 67.3 cm³/mol. The van der Waals surface area contributed by atoms with Crippen LogP contribution in [0, 0.1) is 5.92 Å². The third kappa shape index (κ3) is 2.59. The van der Waals surface area contributed by atoms with E-state index in [1.54, 1.807) is 0 Å². The highest BCUT2D eigenvalue weighted by molar-refractivity contribution is 7.80. The van der Waals surface area contributed by atoms with Crippen molar-refractivity contribution in [2.24, 2.45) is 5.92 Å². The van der Waals surface area contributed by atoms with Gasteiger partial charge in [-0.2, -0.15) is 0 Å². The second-order valence-corrected chi connectivity index (χ2v) is 5.51. The first-order valence-corrected chi connectivity index (χ1v) is 6.71. The van der Waals surface area contributed by atoms with Gasteiger partial charge in [0.05, 0.1) is 4.88 Å². The van der Waals surface area contributed by atoms with E-state index in [1.165, 1.54) is 11.3 Å². The number of carbonyl (C=O) groups excluding carboxylic acids is 1. The first-order chi connectivity index (χ1) is 7.70. The lowest BCUT2D eigenvalue weighted by Gasteiger charge is -2.15. The van der Waals surface area contributed by atoms with Crippen molar-refractivity contribution in [3.05, 3.63) is 16.3 Å². The fourth-order valence-electron chi connectivity index (χ4n) is 2.03. The molecule has 1 aliphatic heterocycles. The topological polar surface area (TPSA) is 40.5 Å². The summed E-state index contributed by atoms with van der Waals surface area (Å²) in [6.07, 6.45) is 1.80. The molecule has 1 fully saturated rings. The van der Waals surface area contributed by atoms with Crippen molar-refractivity contribution in [3.63, 3.8) is 0 Å². The SMILES string of the molecule is O=C(c1cc(S)cs1)N1CCC(CCO)C1. The Hall–Kier alpha value is -0.520. The van der Waals surface area contributed by atoms with E-state index in [0.29, 0.717) is 5.92 Å². The van der Waals surface area contributed by atoms with Crippen molar-refractivity contribution in [2.45, 2.75) is 17.7 Å². The van der Waals surface area contributed by atoms with Gasteiger partial charge in [-0.1, -0.05) is 0 Å². The molecule has 88 valence electrons. The average Bonchev–Trinajstić information content (AvgIpc) is 2.87. The molecule has 1 saturated heterocycles. The number of nitrogens with zero attached hydrogens (tertiary/aromatic N) is 1. The van der Waals surface area contributed by atoms with E-state index in [4.69, 9.17) is 5.11 Å². The van der Waals surface area contributed by atoms with Crippen molar-refractivity contribution < 1.29 is 9.90 Å². The van der Waals surface area contributed by atoms with Gasteiger partial charge in [0.2, 0.25) is 0 Å². The molecule has 5 heteroatoms. The van der Waals surface area contributed by atoms with E-state index < -0.39 is 0 Å². The van der Waals surface area contributed by atoms with Gasteiger partial charge in [-0.3, -0.25) is 4.79 Å². The zero-order chi connectivity index (χ0) is 11.5. The second kappa shape index (κ2) is 5.21. The first kappa shape index (κ1) is 12.0. The smallest absolute Gasteiger partial charge is 0.263 e. The number of hydrogen-bond donors (Lipinski definition) is 2. The highest BCUT2D eigenvalue weighted by atomic mass is 32.1. The largest absolute Gasteiger partial charge is 0.396 e. The van der Waals surface area contributed by atoms with Crippen LogP contribution in [0.1, 0.15) is 22.5 Å². The minimum Gasteiger partial charge on any atom is -0.396 e. The predicted octanol–water partition coefficient (Wildman–Crippen LogP) is 1.88. The second-order valence-electron chi connectivity index (χ2n) is 4.09. The summed E-state index contributed by atoms with van der Waals surface area (Å²) in [6, 6.07) is 1.81. The van der Waals surface area contributed by atoms with E-state index in [2.05, 4.69) is 12.6 Å². The summed E-state index contributed by atoms with van der Waals surface area (Å²) in [4.78, 5) is 15.5. The summed E-state index contributed by atoms with van der Waals surface area (Å²) in [5.74, 6) is 0.565. The zero-order valence-corrected chi connectivity index (χ0v) is 10.6. The third-order valence-electron chi connectivity index (χ3n) is 2.91. The number of aliphatic hydroxyl groups is 1. The van der Waals surface area contributed by atoms with Gasteiger partial charge in [-0.15, -0.1) is 24.0 Å². The summed E-state index contributed by atoms with van der Waals surface area (Å²) in [6.45, 7) is 1.80. The van der Waals surface area contributed by atoms with Crippen LogP contribution in [0.25, 0.3) is 0 Å². The average molecular weight is 257 g/mol. The van der Waals surface area contributed by atoms with Gasteiger partial charge in [0.25, 0.3) is 5.91 Å². The van der Waals surface area contributed by atoms with E-state index >= 15 is 0 Å². The Morgan fingerprint density at radius 2 is 2.50 bits per heavy atom. The Morgan fingerprint density at radius 1 is 1.69 bits per heavy atom. The van der Waals surface area contributed by atoms with Crippen molar-refractivity contribution in [2.75, 3.05) is 19.7 Å². The van der Waals surface area contributed by atoms with E-state index in [9.17, 15) is 4.79 Å². The Kier molecular flexibility index (Phi) is 3.89. The maximum absolute atomic E-state index is 12.0. The van der Waals surface area contributed by atoms with Crippen LogP contribution in [0.3, 0.4) is 0 Å². The number of thiophene rings is 1. The van der Waals surface area contributed by atoms with Crippen LogP contribution in [0.4, 0.5) is 0 Å². The Morgan fingerprint density at radius 3 is 3.12 bits per heavy atom. The fourth-order valence-corrected chi connectivity index (χ4v) is 3.14. The molecule has 1 N–H and O–H groups in total. The van der Waals surface area contributed by atoms with E-state index in [1.807, 2.05) is 16.3 Å². The number of carbonyl (C=O) groups is 1. The minimum atomic E-state index is 0.103. The quantitative estimate of drug-likeness (QED) is 0.812. The number of thiol groups is 1. The molecule has 1 aromatic heterocycles. The molecule has 2 rings (SSSR count). The molecular weight excluding hydrogens is 242 g/mol. The van der Waals surface area contributed by atoms with Crippen LogP contribution in [0.15, 0.2) is 16.3 Å². The van der Waals surface area contributed by atoms with Gasteiger partial charge >= 0.3 is 0 Å². The number of rotatable bonds is 3. The van der Waals surface area contributed by atoms with E-state index in [0.717, 1.165) is 35.7 Å². The Labute approximate surface area is 104 Å². The maximum atomic E-state index is 12.0. The van der Waals surface area contributed by atoms with Crippen LogP contribution in [-0.4, -0.2) is 35.6 Å². The molecule has 0 saturated carbocycles. The van der Waals surface area contributed by atoms with Gasteiger partial charge in [0.1, 0.15) is 0 Å². The zero-order valence-electron chi connectivity index (χ0n) is 8.93. The molecule has 0 aromatic carbocycles.